The third kappa shape index (κ3) is 2.61. The van der Waals surface area contributed by atoms with E-state index in [2.05, 4.69) is 0 Å². The summed E-state index contributed by atoms with van der Waals surface area (Å²) in [6.07, 6.45) is 2.41. The quantitative estimate of drug-likeness (QED) is 0.622. The van der Waals surface area contributed by atoms with Crippen molar-refractivity contribution >= 4 is 21.4 Å². The summed E-state index contributed by atoms with van der Waals surface area (Å²) in [6, 6.07) is 5.54. The monoisotopic (exact) mass is 338 g/mol. The second-order valence-corrected chi connectivity index (χ2v) is 7.37. The zero-order valence-electron chi connectivity index (χ0n) is 12.8. The molecule has 0 amide bonds. The number of allylic oxidation sites excluding steroid dienone is 1. The molecule has 1 aromatic carbocycles. The summed E-state index contributed by atoms with van der Waals surface area (Å²) in [5, 5.41) is 10.8. The van der Waals surface area contributed by atoms with Gasteiger partial charge in [-0.1, -0.05) is 0 Å². The molecule has 23 heavy (non-hydrogen) atoms. The summed E-state index contributed by atoms with van der Waals surface area (Å²) < 4.78 is 32.7. The largest absolute Gasteiger partial charge is 0.354 e. The number of hydrogen-bond acceptors (Lipinski definition) is 5. The summed E-state index contributed by atoms with van der Waals surface area (Å²) >= 11 is 0. The molecule has 0 spiro atoms. The van der Waals surface area contributed by atoms with Gasteiger partial charge in [0.1, 0.15) is 0 Å². The van der Waals surface area contributed by atoms with Crippen LogP contribution >= 0.6 is 0 Å². The number of nitro benzene ring substituents is 1. The first-order chi connectivity index (χ1) is 11.0. The molecule has 1 aromatic rings. The van der Waals surface area contributed by atoms with Crippen molar-refractivity contribution in [3.63, 3.8) is 0 Å². The summed E-state index contributed by atoms with van der Waals surface area (Å²) in [5.74, 6) is 0. The number of non-ortho nitro benzene ring substituents is 1. The maximum Gasteiger partial charge on any atom is 0.269 e. The summed E-state index contributed by atoms with van der Waals surface area (Å²) in [5.41, 5.74) is 1.15. The van der Waals surface area contributed by atoms with Crippen molar-refractivity contribution in [3.05, 3.63) is 44.9 Å². The Bertz CT molecular complexity index is 755. The Kier molecular flexibility index (Phi) is 4.11. The van der Waals surface area contributed by atoms with E-state index in [0.717, 1.165) is 18.4 Å². The van der Waals surface area contributed by atoms with E-state index >= 15 is 0 Å². The highest BCUT2D eigenvalue weighted by Gasteiger charge is 2.45. The van der Waals surface area contributed by atoms with Gasteiger partial charge in [-0.15, -0.1) is 0 Å². The molecular weight excluding hydrogens is 320 g/mol. The standard InChI is InChI=1S/C15H18N2O5S/c1-2-22-15-13-5-3-4-6-14(13)23(20,21)16(15)11-7-9-12(10-8-11)17(18)19/h7-10,15H,2-6H2,1H3. The molecule has 0 aromatic heterocycles. The first kappa shape index (κ1) is 15.9. The first-order valence-electron chi connectivity index (χ1n) is 7.59. The minimum atomic E-state index is -3.63. The van der Waals surface area contributed by atoms with Gasteiger partial charge < -0.3 is 4.74 Å². The second kappa shape index (κ2) is 5.93. The minimum Gasteiger partial charge on any atom is -0.354 e. The van der Waals surface area contributed by atoms with E-state index in [4.69, 9.17) is 4.74 Å². The lowest BCUT2D eigenvalue weighted by molar-refractivity contribution is -0.384. The normalized spacial score (nSPS) is 23.0. The van der Waals surface area contributed by atoms with Crippen LogP contribution in [0.5, 0.6) is 0 Å². The Morgan fingerprint density at radius 1 is 1.26 bits per heavy atom. The molecule has 1 heterocycles. The predicted octanol–water partition coefficient (Wildman–Crippen LogP) is 2.94. The summed E-state index contributed by atoms with van der Waals surface area (Å²) in [7, 11) is -3.63. The third-order valence-electron chi connectivity index (χ3n) is 4.18. The summed E-state index contributed by atoms with van der Waals surface area (Å²) in [6.45, 7) is 2.21. The van der Waals surface area contributed by atoms with Gasteiger partial charge in [-0.25, -0.2) is 12.7 Å². The van der Waals surface area contributed by atoms with Crippen LogP contribution < -0.4 is 4.31 Å². The van der Waals surface area contributed by atoms with Crippen LogP contribution in [0, 0.1) is 10.1 Å². The number of sulfonamides is 1. The molecule has 1 atom stereocenters. The van der Waals surface area contributed by atoms with Crippen molar-refractivity contribution in [2.45, 2.75) is 38.8 Å². The molecule has 124 valence electrons. The zero-order valence-corrected chi connectivity index (χ0v) is 13.6. The van der Waals surface area contributed by atoms with Crippen molar-refractivity contribution in [1.82, 2.24) is 0 Å². The summed E-state index contributed by atoms with van der Waals surface area (Å²) in [4.78, 5) is 10.7. The maximum atomic E-state index is 12.9. The molecule has 0 fully saturated rings. The molecule has 8 heteroatoms. The highest BCUT2D eigenvalue weighted by Crippen LogP contribution is 2.44. The van der Waals surface area contributed by atoms with Gasteiger partial charge in [0.05, 0.1) is 15.5 Å². The second-order valence-electron chi connectivity index (χ2n) is 5.54. The fourth-order valence-electron chi connectivity index (χ4n) is 3.16. The van der Waals surface area contributed by atoms with E-state index in [1.807, 2.05) is 6.92 Å². The van der Waals surface area contributed by atoms with Gasteiger partial charge in [0, 0.05) is 18.7 Å². The minimum absolute atomic E-state index is 0.0731. The lowest BCUT2D eigenvalue weighted by atomic mass is 9.98. The zero-order chi connectivity index (χ0) is 16.6. The van der Waals surface area contributed by atoms with Crippen molar-refractivity contribution in [2.24, 2.45) is 0 Å². The van der Waals surface area contributed by atoms with E-state index < -0.39 is 21.2 Å². The fraction of sp³-hybridized carbons (Fsp3) is 0.467. The lowest BCUT2D eigenvalue weighted by Gasteiger charge is -2.26. The number of benzene rings is 1. The number of hydrogen-bond donors (Lipinski definition) is 0. The average Bonchev–Trinajstić information content (AvgIpc) is 2.76. The van der Waals surface area contributed by atoms with Crippen LogP contribution in [0.4, 0.5) is 11.4 Å². The highest BCUT2D eigenvalue weighted by atomic mass is 32.2. The van der Waals surface area contributed by atoms with Gasteiger partial charge in [0.15, 0.2) is 6.23 Å². The Morgan fingerprint density at radius 3 is 2.52 bits per heavy atom. The third-order valence-corrected chi connectivity index (χ3v) is 6.19. The van der Waals surface area contributed by atoms with Crippen LogP contribution in [0.2, 0.25) is 0 Å². The van der Waals surface area contributed by atoms with E-state index in [-0.39, 0.29) is 5.69 Å². The SMILES string of the molecule is CCOC1C2=C(CCCC2)S(=O)(=O)N1c1ccc([N+](=O)[O-])cc1. The highest BCUT2D eigenvalue weighted by molar-refractivity contribution is 7.97. The topological polar surface area (TPSA) is 89.8 Å². The number of anilines is 1. The predicted molar refractivity (Wildman–Crippen MR) is 85.4 cm³/mol. The molecular formula is C15H18N2O5S. The number of nitrogens with zero attached hydrogens (tertiary/aromatic N) is 2. The first-order valence-corrected chi connectivity index (χ1v) is 9.03. The van der Waals surface area contributed by atoms with Gasteiger partial charge in [-0.05, 0) is 50.3 Å². The van der Waals surface area contributed by atoms with Crippen molar-refractivity contribution < 1.29 is 18.1 Å². The number of rotatable bonds is 4. The van der Waals surface area contributed by atoms with E-state index in [9.17, 15) is 18.5 Å². The Morgan fingerprint density at radius 2 is 1.91 bits per heavy atom. The molecule has 0 N–H and O–H groups in total. The molecule has 1 aliphatic heterocycles. The molecule has 1 aliphatic carbocycles. The van der Waals surface area contributed by atoms with Gasteiger partial charge in [0.25, 0.3) is 15.7 Å². The molecule has 0 radical (unpaired) electrons. The lowest BCUT2D eigenvalue weighted by Crippen LogP contribution is -2.37. The van der Waals surface area contributed by atoms with Crippen molar-refractivity contribution in [2.75, 3.05) is 10.9 Å². The van der Waals surface area contributed by atoms with E-state index in [1.54, 1.807) is 0 Å². The van der Waals surface area contributed by atoms with Crippen molar-refractivity contribution in [3.8, 4) is 0 Å². The Balaban J connectivity index is 2.04. The smallest absolute Gasteiger partial charge is 0.269 e. The molecule has 2 aliphatic rings. The van der Waals surface area contributed by atoms with Crippen LogP contribution in [0.3, 0.4) is 0 Å². The maximum absolute atomic E-state index is 12.9. The van der Waals surface area contributed by atoms with Gasteiger partial charge >= 0.3 is 0 Å². The molecule has 3 rings (SSSR count). The number of ether oxygens (including phenoxy) is 1. The van der Waals surface area contributed by atoms with Crippen LogP contribution in [0.25, 0.3) is 0 Å². The van der Waals surface area contributed by atoms with E-state index in [0.29, 0.717) is 30.0 Å². The Labute approximate surface area is 134 Å². The fourth-order valence-corrected chi connectivity index (χ4v) is 5.18. The molecule has 0 saturated carbocycles. The van der Waals surface area contributed by atoms with Crippen LogP contribution in [-0.2, 0) is 14.8 Å². The van der Waals surface area contributed by atoms with Crippen molar-refractivity contribution in [1.29, 1.82) is 0 Å². The molecule has 1 unspecified atom stereocenters. The molecule has 0 saturated heterocycles. The van der Waals surface area contributed by atoms with Crippen LogP contribution in [0.15, 0.2) is 34.7 Å². The average molecular weight is 338 g/mol. The van der Waals surface area contributed by atoms with E-state index in [1.165, 1.54) is 28.6 Å². The Hall–Kier alpha value is -1.93. The number of nitro groups is 1. The van der Waals surface area contributed by atoms with Gasteiger partial charge in [-0.3, -0.25) is 10.1 Å². The van der Waals surface area contributed by atoms with Gasteiger partial charge in [-0.2, -0.15) is 0 Å². The van der Waals surface area contributed by atoms with Crippen LogP contribution in [-0.4, -0.2) is 26.2 Å². The molecule has 7 nitrogen and oxygen atoms in total. The molecule has 0 bridgehead atoms. The van der Waals surface area contributed by atoms with Gasteiger partial charge in [0.2, 0.25) is 0 Å². The van der Waals surface area contributed by atoms with Crippen LogP contribution in [0.1, 0.15) is 32.6 Å².